The van der Waals surface area contributed by atoms with Crippen molar-refractivity contribution in [2.45, 2.75) is 31.2 Å². The molecule has 4 N–H and O–H groups in total. The first-order valence-electron chi connectivity index (χ1n) is 5.83. The first kappa shape index (κ1) is 12.6. The van der Waals surface area contributed by atoms with Crippen LogP contribution < -0.4 is 16.2 Å². The summed E-state index contributed by atoms with van der Waals surface area (Å²) in [6, 6.07) is 2.72. The molecular weight excluding hydrogens is 236 g/mol. The molecular formula is C11H16N4O3. The Hall–Kier alpha value is -1.89. The van der Waals surface area contributed by atoms with Crippen molar-refractivity contribution in [3.8, 4) is 5.88 Å². The Kier molecular flexibility index (Phi) is 3.33. The molecule has 0 radical (unpaired) electrons. The summed E-state index contributed by atoms with van der Waals surface area (Å²) in [6.45, 7) is 0.358. The zero-order valence-electron chi connectivity index (χ0n) is 9.96. The number of ether oxygens (including phenoxy) is 1. The van der Waals surface area contributed by atoms with Crippen molar-refractivity contribution in [3.05, 3.63) is 22.2 Å². The van der Waals surface area contributed by atoms with Crippen molar-refractivity contribution >= 4 is 11.5 Å². The van der Waals surface area contributed by atoms with Gasteiger partial charge in [0.05, 0.1) is 10.5 Å². The summed E-state index contributed by atoms with van der Waals surface area (Å²) in [7, 11) is 0. The highest BCUT2D eigenvalue weighted by atomic mass is 16.6. The van der Waals surface area contributed by atoms with Crippen LogP contribution in [0.25, 0.3) is 0 Å². The van der Waals surface area contributed by atoms with E-state index in [4.69, 9.17) is 16.2 Å². The summed E-state index contributed by atoms with van der Waals surface area (Å²) < 4.78 is 5.47. The van der Waals surface area contributed by atoms with E-state index in [-0.39, 0.29) is 22.9 Å². The van der Waals surface area contributed by atoms with Gasteiger partial charge in [-0.05, 0) is 12.8 Å². The van der Waals surface area contributed by atoms with E-state index in [0.29, 0.717) is 6.61 Å². The molecule has 0 amide bonds. The van der Waals surface area contributed by atoms with Crippen LogP contribution >= 0.6 is 0 Å². The molecule has 0 unspecified atom stereocenters. The molecule has 1 aromatic heterocycles. The summed E-state index contributed by atoms with van der Waals surface area (Å²) in [5, 5.41) is 10.6. The number of nitro groups is 1. The fourth-order valence-corrected chi connectivity index (χ4v) is 2.12. The van der Waals surface area contributed by atoms with Gasteiger partial charge in [0.2, 0.25) is 11.7 Å². The smallest absolute Gasteiger partial charge is 0.311 e. The van der Waals surface area contributed by atoms with Gasteiger partial charge in [-0.1, -0.05) is 12.8 Å². The van der Waals surface area contributed by atoms with Crippen LogP contribution in [-0.4, -0.2) is 22.1 Å². The molecule has 0 spiro atoms. The Morgan fingerprint density at radius 1 is 1.44 bits per heavy atom. The summed E-state index contributed by atoms with van der Waals surface area (Å²) in [5.41, 5.74) is 11.1. The van der Waals surface area contributed by atoms with Gasteiger partial charge >= 0.3 is 5.69 Å². The van der Waals surface area contributed by atoms with E-state index in [9.17, 15) is 10.1 Å². The summed E-state index contributed by atoms with van der Waals surface area (Å²) in [6.07, 6.45) is 4.07. The van der Waals surface area contributed by atoms with Crippen LogP contribution in [0.3, 0.4) is 0 Å². The number of nitrogens with two attached hydrogens (primary N) is 2. The second-order valence-corrected chi connectivity index (χ2v) is 4.67. The molecule has 1 heterocycles. The Morgan fingerprint density at radius 2 is 2.11 bits per heavy atom. The summed E-state index contributed by atoms with van der Waals surface area (Å²) in [5.74, 6) is 0.129. The second kappa shape index (κ2) is 4.77. The average molecular weight is 252 g/mol. The highest BCUT2D eigenvalue weighted by Gasteiger charge is 2.30. The van der Waals surface area contributed by atoms with Crippen LogP contribution in [0.5, 0.6) is 5.88 Å². The van der Waals surface area contributed by atoms with Gasteiger partial charge in [-0.2, -0.15) is 4.98 Å². The molecule has 1 saturated carbocycles. The molecule has 18 heavy (non-hydrogen) atoms. The normalized spacial score (nSPS) is 17.6. The Labute approximate surface area is 104 Å². The molecule has 1 aliphatic carbocycles. The number of nitrogens with zero attached hydrogens (tertiary/aromatic N) is 2. The molecule has 7 heteroatoms. The lowest BCUT2D eigenvalue weighted by molar-refractivity contribution is -0.384. The van der Waals surface area contributed by atoms with Crippen molar-refractivity contribution in [2.75, 3.05) is 12.3 Å². The zero-order chi connectivity index (χ0) is 13.2. The maximum atomic E-state index is 10.6. The van der Waals surface area contributed by atoms with E-state index >= 15 is 0 Å². The molecule has 7 nitrogen and oxygen atoms in total. The molecule has 0 bridgehead atoms. The van der Waals surface area contributed by atoms with Gasteiger partial charge in [0.15, 0.2) is 0 Å². The third-order valence-electron chi connectivity index (χ3n) is 3.18. The molecule has 0 saturated heterocycles. The quantitative estimate of drug-likeness (QED) is 0.614. The van der Waals surface area contributed by atoms with Gasteiger partial charge in [0.1, 0.15) is 6.61 Å². The van der Waals surface area contributed by atoms with E-state index < -0.39 is 4.92 Å². The van der Waals surface area contributed by atoms with Crippen molar-refractivity contribution in [1.29, 1.82) is 0 Å². The van der Waals surface area contributed by atoms with Gasteiger partial charge in [-0.25, -0.2) is 0 Å². The first-order valence-corrected chi connectivity index (χ1v) is 5.83. The van der Waals surface area contributed by atoms with Crippen molar-refractivity contribution in [1.82, 2.24) is 4.98 Å². The van der Waals surface area contributed by atoms with Gasteiger partial charge in [-0.15, -0.1) is 0 Å². The minimum absolute atomic E-state index is 0.144. The minimum atomic E-state index is -0.576. The standard InChI is InChI=1S/C11H16N4O3/c12-10-8(15(16)17)3-4-9(14-10)18-7-11(13)5-1-2-6-11/h3-4H,1-2,5-7,13H2,(H2,12,14). The molecule has 1 aliphatic rings. The molecule has 0 aromatic carbocycles. The SMILES string of the molecule is Nc1nc(OCC2(N)CCCC2)ccc1[N+](=O)[O-]. The number of hydrogen-bond acceptors (Lipinski definition) is 6. The molecule has 1 fully saturated rings. The largest absolute Gasteiger partial charge is 0.476 e. The second-order valence-electron chi connectivity index (χ2n) is 4.67. The predicted octanol–water partition coefficient (Wildman–Crippen LogP) is 1.22. The van der Waals surface area contributed by atoms with Crippen LogP contribution in [0.4, 0.5) is 11.5 Å². The van der Waals surface area contributed by atoms with Gasteiger partial charge in [0, 0.05) is 12.1 Å². The minimum Gasteiger partial charge on any atom is -0.476 e. The van der Waals surface area contributed by atoms with E-state index in [0.717, 1.165) is 25.7 Å². The number of hydrogen-bond donors (Lipinski definition) is 2. The lowest BCUT2D eigenvalue weighted by Crippen LogP contribution is -2.42. The van der Waals surface area contributed by atoms with Gasteiger partial charge in [-0.3, -0.25) is 10.1 Å². The number of aromatic nitrogens is 1. The topological polar surface area (TPSA) is 117 Å². The first-order chi connectivity index (χ1) is 8.50. The Balaban J connectivity index is 2.02. The Morgan fingerprint density at radius 3 is 2.67 bits per heavy atom. The molecule has 0 atom stereocenters. The third kappa shape index (κ3) is 2.67. The van der Waals surface area contributed by atoms with Crippen molar-refractivity contribution < 1.29 is 9.66 Å². The lowest BCUT2D eigenvalue weighted by atomic mass is 10.0. The van der Waals surface area contributed by atoms with E-state index in [2.05, 4.69) is 4.98 Å². The van der Waals surface area contributed by atoms with Crippen LogP contribution in [-0.2, 0) is 0 Å². The van der Waals surface area contributed by atoms with Crippen molar-refractivity contribution in [2.24, 2.45) is 5.73 Å². The zero-order valence-corrected chi connectivity index (χ0v) is 9.96. The Bertz CT molecular complexity index is 458. The average Bonchev–Trinajstić information content (AvgIpc) is 2.74. The number of anilines is 1. The van der Waals surface area contributed by atoms with E-state index in [1.54, 1.807) is 0 Å². The fraction of sp³-hybridized carbons (Fsp3) is 0.545. The highest BCUT2D eigenvalue weighted by Crippen LogP contribution is 2.28. The molecule has 1 aromatic rings. The van der Waals surface area contributed by atoms with Crippen LogP contribution in [0.2, 0.25) is 0 Å². The molecule has 2 rings (SSSR count). The van der Waals surface area contributed by atoms with Gasteiger partial charge < -0.3 is 16.2 Å². The maximum Gasteiger partial charge on any atom is 0.311 e. The van der Waals surface area contributed by atoms with Crippen LogP contribution in [0, 0.1) is 10.1 Å². The van der Waals surface area contributed by atoms with Crippen molar-refractivity contribution in [3.63, 3.8) is 0 Å². The van der Waals surface area contributed by atoms with E-state index in [1.807, 2.05) is 0 Å². The monoisotopic (exact) mass is 252 g/mol. The number of nitrogen functional groups attached to an aromatic ring is 1. The molecule has 98 valence electrons. The molecule has 0 aliphatic heterocycles. The van der Waals surface area contributed by atoms with Crippen LogP contribution in [0.1, 0.15) is 25.7 Å². The number of rotatable bonds is 4. The maximum absolute atomic E-state index is 10.6. The predicted molar refractivity (Wildman–Crippen MR) is 66.2 cm³/mol. The lowest BCUT2D eigenvalue weighted by Gasteiger charge is -2.23. The summed E-state index contributed by atoms with van der Waals surface area (Å²) in [4.78, 5) is 13.8. The number of pyridine rings is 1. The van der Waals surface area contributed by atoms with Gasteiger partial charge in [0.25, 0.3) is 0 Å². The summed E-state index contributed by atoms with van der Waals surface area (Å²) >= 11 is 0. The third-order valence-corrected chi connectivity index (χ3v) is 3.18. The highest BCUT2D eigenvalue weighted by molar-refractivity contribution is 5.53. The van der Waals surface area contributed by atoms with E-state index in [1.165, 1.54) is 12.1 Å². The van der Waals surface area contributed by atoms with Crippen LogP contribution in [0.15, 0.2) is 12.1 Å². The fourth-order valence-electron chi connectivity index (χ4n) is 2.12.